The maximum atomic E-state index is 12.7. The van der Waals surface area contributed by atoms with Gasteiger partial charge >= 0.3 is 0 Å². The SMILES string of the molecule is Cc1nnc(C2CCCCCN2C(=O)c2ccnnc2)o1. The molecule has 0 radical (unpaired) electrons. The highest BCUT2D eigenvalue weighted by atomic mass is 16.4. The number of amides is 1. The molecule has 0 saturated carbocycles. The zero-order chi connectivity index (χ0) is 14.7. The van der Waals surface area contributed by atoms with Gasteiger partial charge < -0.3 is 9.32 Å². The van der Waals surface area contributed by atoms with E-state index in [0.717, 1.165) is 25.7 Å². The summed E-state index contributed by atoms with van der Waals surface area (Å²) >= 11 is 0. The maximum absolute atomic E-state index is 12.7. The molecule has 0 spiro atoms. The lowest BCUT2D eigenvalue weighted by atomic mass is 10.1. The minimum atomic E-state index is -0.158. The third-order valence-corrected chi connectivity index (χ3v) is 3.67. The standard InChI is InChI=1S/C14H17N5O2/c1-10-17-18-13(21-10)12-5-3-2-4-8-19(12)14(20)11-6-7-15-16-9-11/h6-7,9,12H,2-5,8H2,1H3. The summed E-state index contributed by atoms with van der Waals surface area (Å²) in [6.45, 7) is 2.44. The van der Waals surface area contributed by atoms with Crippen LogP contribution in [0.1, 0.15) is 53.9 Å². The van der Waals surface area contributed by atoms with E-state index in [9.17, 15) is 4.79 Å². The predicted molar refractivity (Wildman–Crippen MR) is 73.3 cm³/mol. The van der Waals surface area contributed by atoms with Crippen molar-refractivity contribution in [1.82, 2.24) is 25.3 Å². The number of carbonyl (C=O) groups is 1. The van der Waals surface area contributed by atoms with Crippen LogP contribution in [0.15, 0.2) is 22.9 Å². The second-order valence-electron chi connectivity index (χ2n) is 5.15. The topological polar surface area (TPSA) is 85.0 Å². The number of nitrogens with zero attached hydrogens (tertiary/aromatic N) is 5. The van der Waals surface area contributed by atoms with Crippen molar-refractivity contribution in [3.05, 3.63) is 35.8 Å². The first-order valence-electron chi connectivity index (χ1n) is 7.13. The Morgan fingerprint density at radius 1 is 1.29 bits per heavy atom. The Morgan fingerprint density at radius 2 is 2.19 bits per heavy atom. The Hall–Kier alpha value is -2.31. The smallest absolute Gasteiger partial charge is 0.256 e. The fraction of sp³-hybridized carbons (Fsp3) is 0.500. The largest absolute Gasteiger partial charge is 0.423 e. The van der Waals surface area contributed by atoms with Crippen molar-refractivity contribution in [2.24, 2.45) is 0 Å². The third-order valence-electron chi connectivity index (χ3n) is 3.67. The second kappa shape index (κ2) is 5.99. The molecule has 7 nitrogen and oxygen atoms in total. The Labute approximate surface area is 122 Å². The molecule has 2 aromatic heterocycles. The molecule has 1 saturated heterocycles. The van der Waals surface area contributed by atoms with E-state index < -0.39 is 0 Å². The van der Waals surface area contributed by atoms with E-state index in [0.29, 0.717) is 23.9 Å². The first kappa shape index (κ1) is 13.7. The van der Waals surface area contributed by atoms with E-state index in [-0.39, 0.29) is 11.9 Å². The van der Waals surface area contributed by atoms with E-state index in [1.165, 1.54) is 12.4 Å². The molecule has 3 heterocycles. The molecule has 0 bridgehead atoms. The lowest BCUT2D eigenvalue weighted by Gasteiger charge is -2.27. The van der Waals surface area contributed by atoms with E-state index in [1.54, 1.807) is 13.0 Å². The van der Waals surface area contributed by atoms with E-state index in [1.807, 2.05) is 4.90 Å². The monoisotopic (exact) mass is 287 g/mol. The predicted octanol–water partition coefficient (Wildman–Crippen LogP) is 1.93. The molecular formula is C14H17N5O2. The van der Waals surface area contributed by atoms with Gasteiger partial charge in [-0.25, -0.2) is 0 Å². The average Bonchev–Trinajstić information content (AvgIpc) is 2.80. The van der Waals surface area contributed by atoms with Crippen molar-refractivity contribution in [3.63, 3.8) is 0 Å². The van der Waals surface area contributed by atoms with Crippen LogP contribution in [-0.4, -0.2) is 37.7 Å². The zero-order valence-corrected chi connectivity index (χ0v) is 11.9. The summed E-state index contributed by atoms with van der Waals surface area (Å²) in [6, 6.07) is 1.52. The molecule has 1 amide bonds. The fourth-order valence-corrected chi connectivity index (χ4v) is 2.64. The number of carbonyl (C=O) groups excluding carboxylic acids is 1. The Balaban J connectivity index is 1.90. The molecule has 110 valence electrons. The highest BCUT2D eigenvalue weighted by Gasteiger charge is 2.31. The van der Waals surface area contributed by atoms with Crippen molar-refractivity contribution in [1.29, 1.82) is 0 Å². The fourth-order valence-electron chi connectivity index (χ4n) is 2.64. The van der Waals surface area contributed by atoms with Crippen molar-refractivity contribution in [2.45, 2.75) is 38.6 Å². The van der Waals surface area contributed by atoms with Gasteiger partial charge in [-0.05, 0) is 18.9 Å². The summed E-state index contributed by atoms with van der Waals surface area (Å²) in [6.07, 6.45) is 6.98. The van der Waals surface area contributed by atoms with E-state index >= 15 is 0 Å². The van der Waals surface area contributed by atoms with Crippen molar-refractivity contribution in [2.75, 3.05) is 6.54 Å². The molecular weight excluding hydrogens is 270 g/mol. The maximum Gasteiger partial charge on any atom is 0.256 e. The molecule has 0 N–H and O–H groups in total. The molecule has 7 heteroatoms. The molecule has 2 aromatic rings. The summed E-state index contributed by atoms with van der Waals surface area (Å²) in [7, 11) is 0. The van der Waals surface area contributed by atoms with E-state index in [2.05, 4.69) is 20.4 Å². The number of aryl methyl sites for hydroxylation is 1. The molecule has 21 heavy (non-hydrogen) atoms. The van der Waals surface area contributed by atoms with Gasteiger partial charge in [0, 0.05) is 13.5 Å². The minimum absolute atomic E-state index is 0.0624. The Bertz CT molecular complexity index is 613. The zero-order valence-electron chi connectivity index (χ0n) is 11.9. The van der Waals surface area contributed by atoms with Crippen molar-refractivity contribution in [3.8, 4) is 0 Å². The normalized spacial score (nSPS) is 19.3. The third kappa shape index (κ3) is 2.91. The first-order chi connectivity index (χ1) is 10.3. The van der Waals surface area contributed by atoms with Crippen LogP contribution < -0.4 is 0 Å². The quantitative estimate of drug-likeness (QED) is 0.839. The van der Waals surface area contributed by atoms with Gasteiger partial charge in [-0.15, -0.1) is 10.2 Å². The minimum Gasteiger partial charge on any atom is -0.423 e. The first-order valence-corrected chi connectivity index (χ1v) is 7.13. The summed E-state index contributed by atoms with van der Waals surface area (Å²) in [4.78, 5) is 14.5. The van der Waals surface area contributed by atoms with Crippen LogP contribution in [0.4, 0.5) is 0 Å². The van der Waals surface area contributed by atoms with Gasteiger partial charge in [0.25, 0.3) is 5.91 Å². The molecule has 1 unspecified atom stereocenters. The van der Waals surface area contributed by atoms with Gasteiger partial charge in [0.1, 0.15) is 6.04 Å². The highest BCUT2D eigenvalue weighted by molar-refractivity contribution is 5.94. The molecule has 3 rings (SSSR count). The van der Waals surface area contributed by atoms with Crippen LogP contribution >= 0.6 is 0 Å². The molecule has 1 atom stereocenters. The summed E-state index contributed by atoms with van der Waals surface area (Å²) in [5.41, 5.74) is 0.535. The van der Waals surface area contributed by atoms with Crippen LogP contribution in [0.25, 0.3) is 0 Å². The lowest BCUT2D eigenvalue weighted by Crippen LogP contribution is -2.35. The summed E-state index contributed by atoms with van der Waals surface area (Å²) in [5.74, 6) is 0.977. The second-order valence-corrected chi connectivity index (χ2v) is 5.15. The Morgan fingerprint density at radius 3 is 2.90 bits per heavy atom. The Kier molecular flexibility index (Phi) is 3.89. The number of likely N-dealkylation sites (tertiary alicyclic amines) is 1. The molecule has 0 aromatic carbocycles. The number of hydrogen-bond donors (Lipinski definition) is 0. The van der Waals surface area contributed by atoms with Gasteiger partial charge in [0.15, 0.2) is 0 Å². The van der Waals surface area contributed by atoms with Crippen LogP contribution in [0, 0.1) is 6.92 Å². The summed E-state index contributed by atoms with van der Waals surface area (Å²) < 4.78 is 5.55. The van der Waals surface area contributed by atoms with Crippen LogP contribution in [0.2, 0.25) is 0 Å². The number of hydrogen-bond acceptors (Lipinski definition) is 6. The van der Waals surface area contributed by atoms with Crippen molar-refractivity contribution >= 4 is 5.91 Å². The van der Waals surface area contributed by atoms with Gasteiger partial charge in [0.05, 0.1) is 18.0 Å². The average molecular weight is 287 g/mol. The molecule has 1 aliphatic heterocycles. The lowest BCUT2D eigenvalue weighted by molar-refractivity contribution is 0.0650. The van der Waals surface area contributed by atoms with E-state index in [4.69, 9.17) is 4.42 Å². The molecule has 0 aliphatic carbocycles. The van der Waals surface area contributed by atoms with Gasteiger partial charge in [-0.2, -0.15) is 10.2 Å². The van der Waals surface area contributed by atoms with Crippen LogP contribution in [0.3, 0.4) is 0 Å². The number of aromatic nitrogens is 4. The number of rotatable bonds is 2. The summed E-state index contributed by atoms with van der Waals surface area (Å²) in [5, 5.41) is 15.5. The van der Waals surface area contributed by atoms with Crippen molar-refractivity contribution < 1.29 is 9.21 Å². The van der Waals surface area contributed by atoms with Gasteiger partial charge in [-0.3, -0.25) is 4.79 Å². The van der Waals surface area contributed by atoms with Crippen LogP contribution in [0.5, 0.6) is 0 Å². The van der Waals surface area contributed by atoms with Gasteiger partial charge in [-0.1, -0.05) is 12.8 Å². The van der Waals surface area contributed by atoms with Gasteiger partial charge in [0.2, 0.25) is 11.8 Å². The van der Waals surface area contributed by atoms with Crippen LogP contribution in [-0.2, 0) is 0 Å². The highest BCUT2D eigenvalue weighted by Crippen LogP contribution is 2.30. The molecule has 1 aliphatic rings. The molecule has 1 fully saturated rings.